The van der Waals surface area contributed by atoms with Gasteiger partial charge >= 0.3 is 0 Å². The first-order valence-corrected chi connectivity index (χ1v) is 7.03. The van der Waals surface area contributed by atoms with E-state index in [0.29, 0.717) is 6.42 Å². The van der Waals surface area contributed by atoms with Gasteiger partial charge in [-0.3, -0.25) is 0 Å². The van der Waals surface area contributed by atoms with Gasteiger partial charge in [0.25, 0.3) is 0 Å². The maximum Gasteiger partial charge on any atom is 0.167 e. The molecule has 0 aliphatic heterocycles. The largest absolute Gasteiger partial charge is 0.484 e. The van der Waals surface area contributed by atoms with Crippen molar-refractivity contribution >= 4 is 0 Å². The van der Waals surface area contributed by atoms with Crippen molar-refractivity contribution in [1.82, 2.24) is 0 Å². The second-order valence-corrected chi connectivity index (χ2v) is 5.27. The molecule has 0 fully saturated rings. The average Bonchev–Trinajstić information content (AvgIpc) is 2.63. The first kappa shape index (κ1) is 14.0. The third kappa shape index (κ3) is 2.90. The van der Waals surface area contributed by atoms with E-state index in [1.807, 2.05) is 24.3 Å². The summed E-state index contributed by atoms with van der Waals surface area (Å²) in [6.07, 6.45) is 0.981. The number of hydrogen-bond acceptors (Lipinski definition) is 2. The maximum absolute atomic E-state index is 13.7. The minimum atomic E-state index is -0.812. The van der Waals surface area contributed by atoms with Gasteiger partial charge < -0.3 is 9.84 Å². The molecule has 0 radical (unpaired) electrons. The number of fused-ring (bicyclic) bond motifs is 1. The highest BCUT2D eigenvalue weighted by Gasteiger charge is 2.28. The van der Waals surface area contributed by atoms with E-state index in [9.17, 15) is 13.9 Å². The lowest BCUT2D eigenvalue weighted by molar-refractivity contribution is 0.0297. The maximum atomic E-state index is 13.7. The SMILES string of the molecule is OC1c2ccccc2CCCC1Oc1ccc(F)cc1F. The Labute approximate surface area is 122 Å². The van der Waals surface area contributed by atoms with Crippen molar-refractivity contribution in [2.24, 2.45) is 0 Å². The molecule has 2 aromatic carbocycles. The molecule has 2 unspecified atom stereocenters. The van der Waals surface area contributed by atoms with E-state index < -0.39 is 23.8 Å². The highest BCUT2D eigenvalue weighted by Crippen LogP contribution is 2.32. The van der Waals surface area contributed by atoms with Gasteiger partial charge in [0.2, 0.25) is 0 Å². The van der Waals surface area contributed by atoms with Gasteiger partial charge in [0.15, 0.2) is 11.6 Å². The molecule has 0 saturated heterocycles. The van der Waals surface area contributed by atoms with Crippen LogP contribution >= 0.6 is 0 Å². The number of aliphatic hydroxyl groups excluding tert-OH is 1. The molecule has 0 bridgehead atoms. The fourth-order valence-electron chi connectivity index (χ4n) is 2.76. The lowest BCUT2D eigenvalue weighted by Gasteiger charge is -2.23. The van der Waals surface area contributed by atoms with Gasteiger partial charge in [0.1, 0.15) is 18.0 Å². The van der Waals surface area contributed by atoms with Gasteiger partial charge in [-0.15, -0.1) is 0 Å². The first-order chi connectivity index (χ1) is 10.1. The van der Waals surface area contributed by atoms with Gasteiger partial charge in [-0.25, -0.2) is 8.78 Å². The lowest BCUT2D eigenvalue weighted by atomic mass is 10.0. The zero-order chi connectivity index (χ0) is 14.8. The summed E-state index contributed by atoms with van der Waals surface area (Å²) in [7, 11) is 0. The Bertz CT molecular complexity index is 642. The third-order valence-corrected chi connectivity index (χ3v) is 3.83. The van der Waals surface area contributed by atoms with Crippen LogP contribution < -0.4 is 4.74 Å². The predicted octanol–water partition coefficient (Wildman–Crippen LogP) is 3.78. The fourth-order valence-corrected chi connectivity index (χ4v) is 2.76. The molecule has 0 amide bonds. The monoisotopic (exact) mass is 290 g/mol. The number of hydrogen-bond donors (Lipinski definition) is 1. The van der Waals surface area contributed by atoms with Crippen LogP contribution in [0.15, 0.2) is 42.5 Å². The summed E-state index contributed by atoms with van der Waals surface area (Å²) in [5.41, 5.74) is 1.91. The molecule has 3 rings (SSSR count). The molecule has 21 heavy (non-hydrogen) atoms. The molecule has 0 saturated carbocycles. The van der Waals surface area contributed by atoms with Crippen molar-refractivity contribution in [1.29, 1.82) is 0 Å². The molecule has 1 N–H and O–H groups in total. The second-order valence-electron chi connectivity index (χ2n) is 5.27. The van der Waals surface area contributed by atoms with Crippen LogP contribution in [0.2, 0.25) is 0 Å². The molecular weight excluding hydrogens is 274 g/mol. The van der Waals surface area contributed by atoms with Crippen molar-refractivity contribution in [2.75, 3.05) is 0 Å². The van der Waals surface area contributed by atoms with Crippen LogP contribution in [0.1, 0.15) is 30.1 Å². The van der Waals surface area contributed by atoms with Crippen molar-refractivity contribution in [3.05, 3.63) is 65.2 Å². The number of aliphatic hydroxyl groups is 1. The third-order valence-electron chi connectivity index (χ3n) is 3.83. The highest BCUT2D eigenvalue weighted by atomic mass is 19.1. The van der Waals surface area contributed by atoms with Crippen molar-refractivity contribution in [3.8, 4) is 5.75 Å². The van der Waals surface area contributed by atoms with Crippen LogP contribution in [0.5, 0.6) is 5.75 Å². The normalized spacial score (nSPS) is 21.5. The minimum absolute atomic E-state index is 0.0279. The minimum Gasteiger partial charge on any atom is -0.484 e. The molecule has 1 aliphatic rings. The summed E-state index contributed by atoms with van der Waals surface area (Å²) in [5, 5.41) is 10.5. The number of rotatable bonds is 2. The van der Waals surface area contributed by atoms with E-state index in [-0.39, 0.29) is 5.75 Å². The van der Waals surface area contributed by atoms with E-state index in [1.54, 1.807) is 0 Å². The van der Waals surface area contributed by atoms with Gasteiger partial charge in [0.05, 0.1) is 0 Å². The molecule has 2 aromatic rings. The Morgan fingerprint density at radius 3 is 2.71 bits per heavy atom. The molecule has 2 nitrogen and oxygen atoms in total. The molecule has 0 spiro atoms. The number of benzene rings is 2. The van der Waals surface area contributed by atoms with E-state index >= 15 is 0 Å². The first-order valence-electron chi connectivity index (χ1n) is 7.03. The van der Waals surface area contributed by atoms with Crippen LogP contribution in [0.25, 0.3) is 0 Å². The van der Waals surface area contributed by atoms with E-state index in [1.165, 1.54) is 6.07 Å². The molecule has 110 valence electrons. The predicted molar refractivity (Wildman–Crippen MR) is 75.1 cm³/mol. The van der Waals surface area contributed by atoms with Crippen LogP contribution in [0, 0.1) is 11.6 Å². The molecule has 0 heterocycles. The lowest BCUT2D eigenvalue weighted by Crippen LogP contribution is -2.25. The summed E-state index contributed by atoms with van der Waals surface area (Å²) in [6, 6.07) is 10.8. The van der Waals surface area contributed by atoms with Gasteiger partial charge in [0, 0.05) is 6.07 Å². The standard InChI is InChI=1S/C17H16F2O2/c18-12-8-9-15(14(19)10-12)21-16-7-3-5-11-4-1-2-6-13(11)17(16)20/h1-2,4,6,8-10,16-17,20H,3,5,7H2. The molecule has 0 aromatic heterocycles. The number of ether oxygens (including phenoxy) is 1. The van der Waals surface area contributed by atoms with Crippen LogP contribution in [0.3, 0.4) is 0 Å². The van der Waals surface area contributed by atoms with Crippen molar-refractivity contribution in [2.45, 2.75) is 31.5 Å². The smallest absolute Gasteiger partial charge is 0.167 e. The molecule has 4 heteroatoms. The van der Waals surface area contributed by atoms with E-state index in [2.05, 4.69) is 0 Å². The van der Waals surface area contributed by atoms with E-state index in [0.717, 1.165) is 36.1 Å². The van der Waals surface area contributed by atoms with Gasteiger partial charge in [-0.05, 0) is 42.5 Å². The Kier molecular flexibility index (Phi) is 3.88. The van der Waals surface area contributed by atoms with Gasteiger partial charge in [-0.2, -0.15) is 0 Å². The van der Waals surface area contributed by atoms with Crippen LogP contribution in [-0.2, 0) is 6.42 Å². The molecular formula is C17H16F2O2. The summed E-state index contributed by atoms with van der Waals surface area (Å²) in [5.74, 6) is -1.42. The Morgan fingerprint density at radius 2 is 1.90 bits per heavy atom. The quantitative estimate of drug-likeness (QED) is 0.853. The summed E-state index contributed by atoms with van der Waals surface area (Å²) >= 11 is 0. The summed E-state index contributed by atoms with van der Waals surface area (Å²) in [6.45, 7) is 0. The average molecular weight is 290 g/mol. The number of halogens is 2. The second kappa shape index (κ2) is 5.82. The molecule has 1 aliphatic carbocycles. The van der Waals surface area contributed by atoms with E-state index in [4.69, 9.17) is 4.74 Å². The van der Waals surface area contributed by atoms with Gasteiger partial charge in [-0.1, -0.05) is 24.3 Å². The van der Waals surface area contributed by atoms with Crippen molar-refractivity contribution in [3.63, 3.8) is 0 Å². The van der Waals surface area contributed by atoms with Crippen LogP contribution in [-0.4, -0.2) is 11.2 Å². The van der Waals surface area contributed by atoms with Crippen molar-refractivity contribution < 1.29 is 18.6 Å². The summed E-state index contributed by atoms with van der Waals surface area (Å²) < 4.78 is 32.2. The highest BCUT2D eigenvalue weighted by molar-refractivity contribution is 5.32. The number of aryl methyl sites for hydroxylation is 1. The Morgan fingerprint density at radius 1 is 1.10 bits per heavy atom. The molecule has 2 atom stereocenters. The zero-order valence-corrected chi connectivity index (χ0v) is 11.4. The Hall–Kier alpha value is -1.94. The Balaban J connectivity index is 1.86. The summed E-state index contributed by atoms with van der Waals surface area (Å²) in [4.78, 5) is 0. The zero-order valence-electron chi connectivity index (χ0n) is 11.4. The fraction of sp³-hybridized carbons (Fsp3) is 0.294. The topological polar surface area (TPSA) is 29.5 Å². The van der Waals surface area contributed by atoms with Crippen LogP contribution in [0.4, 0.5) is 8.78 Å².